The summed E-state index contributed by atoms with van der Waals surface area (Å²) in [5.41, 5.74) is 6.79. The van der Waals surface area contributed by atoms with E-state index in [1.54, 1.807) is 0 Å². The van der Waals surface area contributed by atoms with Gasteiger partial charge in [-0.15, -0.1) is 0 Å². The third-order valence-corrected chi connectivity index (χ3v) is 6.26. The molecule has 8 nitrogen and oxygen atoms in total. The Labute approximate surface area is 209 Å². The molecule has 0 saturated carbocycles. The molecule has 0 aliphatic heterocycles. The fraction of sp³-hybridized carbons (Fsp3) is 0.250. The fourth-order valence-electron chi connectivity index (χ4n) is 4.36. The average molecular weight is 484 g/mol. The van der Waals surface area contributed by atoms with Gasteiger partial charge in [0.15, 0.2) is 0 Å². The van der Waals surface area contributed by atoms with Crippen molar-refractivity contribution in [3.63, 3.8) is 0 Å². The zero-order valence-corrected chi connectivity index (χ0v) is 20.4. The molecule has 0 bridgehead atoms. The van der Waals surface area contributed by atoms with Crippen LogP contribution in [-0.2, 0) is 4.79 Å². The molecule has 184 valence electrons. The molecule has 0 spiro atoms. The van der Waals surface area contributed by atoms with Crippen molar-refractivity contribution in [2.24, 2.45) is 0 Å². The Kier molecular flexibility index (Phi) is 6.58. The zero-order valence-electron chi connectivity index (χ0n) is 20.4. The van der Waals surface area contributed by atoms with Gasteiger partial charge in [0.05, 0.1) is 28.7 Å². The van der Waals surface area contributed by atoms with E-state index in [0.717, 1.165) is 57.9 Å². The lowest BCUT2D eigenvalue weighted by Gasteiger charge is -2.20. The third kappa shape index (κ3) is 4.88. The van der Waals surface area contributed by atoms with Gasteiger partial charge in [0.25, 0.3) is 0 Å². The highest BCUT2D eigenvalue weighted by Gasteiger charge is 2.12. The number of fused-ring (bicyclic) bond motifs is 2. The van der Waals surface area contributed by atoms with E-state index >= 15 is 0 Å². The fourth-order valence-corrected chi connectivity index (χ4v) is 4.36. The maximum Gasteiger partial charge on any atom is 0.303 e. The molecule has 0 fully saturated rings. The third-order valence-electron chi connectivity index (χ3n) is 6.26. The number of hydrogen-bond acceptors (Lipinski definition) is 5. The molecule has 8 heteroatoms. The SMILES string of the molecule is CCN(CC)c1ccc2nc(-c3ccc4nc(-c5cccc(OCCCC(=O)O)c5)[nH]c4c3)[nH]c2c1. The number of imidazole rings is 2. The van der Waals surface area contributed by atoms with E-state index in [0.29, 0.717) is 18.8 Å². The highest BCUT2D eigenvalue weighted by Crippen LogP contribution is 2.29. The number of nitrogens with zero attached hydrogens (tertiary/aromatic N) is 3. The van der Waals surface area contributed by atoms with E-state index in [1.165, 1.54) is 5.69 Å². The van der Waals surface area contributed by atoms with Gasteiger partial charge in [0.1, 0.15) is 17.4 Å². The van der Waals surface area contributed by atoms with Crippen molar-refractivity contribution >= 4 is 33.7 Å². The van der Waals surface area contributed by atoms with Crippen LogP contribution in [-0.4, -0.2) is 50.7 Å². The van der Waals surface area contributed by atoms with Crippen LogP contribution in [0.1, 0.15) is 26.7 Å². The van der Waals surface area contributed by atoms with E-state index in [9.17, 15) is 4.79 Å². The molecule has 5 aromatic rings. The molecule has 2 aromatic heterocycles. The van der Waals surface area contributed by atoms with Crippen molar-refractivity contribution in [3.8, 4) is 28.5 Å². The van der Waals surface area contributed by atoms with Crippen LogP contribution in [0.5, 0.6) is 5.75 Å². The Morgan fingerprint density at radius 2 is 1.56 bits per heavy atom. The first-order valence-corrected chi connectivity index (χ1v) is 12.2. The van der Waals surface area contributed by atoms with Crippen molar-refractivity contribution in [2.75, 3.05) is 24.6 Å². The lowest BCUT2D eigenvalue weighted by atomic mass is 10.2. The number of H-pyrrole nitrogens is 2. The van der Waals surface area contributed by atoms with Crippen LogP contribution in [0.4, 0.5) is 5.69 Å². The number of carboxylic acids is 1. The summed E-state index contributed by atoms with van der Waals surface area (Å²) in [6, 6.07) is 20.1. The van der Waals surface area contributed by atoms with Crippen molar-refractivity contribution in [1.82, 2.24) is 19.9 Å². The van der Waals surface area contributed by atoms with Crippen LogP contribution in [0.15, 0.2) is 60.7 Å². The highest BCUT2D eigenvalue weighted by atomic mass is 16.5. The topological polar surface area (TPSA) is 107 Å². The van der Waals surface area contributed by atoms with Crippen LogP contribution in [0.3, 0.4) is 0 Å². The molecule has 5 rings (SSSR count). The van der Waals surface area contributed by atoms with Crippen LogP contribution < -0.4 is 9.64 Å². The second-order valence-electron chi connectivity index (χ2n) is 8.65. The maximum absolute atomic E-state index is 10.7. The minimum atomic E-state index is -0.818. The average Bonchev–Trinajstić information content (AvgIpc) is 3.51. The summed E-state index contributed by atoms with van der Waals surface area (Å²) in [6.45, 7) is 6.59. The van der Waals surface area contributed by atoms with Gasteiger partial charge in [-0.1, -0.05) is 12.1 Å². The van der Waals surface area contributed by atoms with Gasteiger partial charge in [0.2, 0.25) is 0 Å². The van der Waals surface area contributed by atoms with Crippen LogP contribution in [0.25, 0.3) is 44.8 Å². The summed E-state index contributed by atoms with van der Waals surface area (Å²) in [5.74, 6) is 1.43. The predicted molar refractivity (Wildman–Crippen MR) is 143 cm³/mol. The van der Waals surface area contributed by atoms with Crippen molar-refractivity contribution in [2.45, 2.75) is 26.7 Å². The predicted octanol–water partition coefficient (Wildman–Crippen LogP) is 5.86. The van der Waals surface area contributed by atoms with Crippen LogP contribution >= 0.6 is 0 Å². The summed E-state index contributed by atoms with van der Waals surface area (Å²) in [5, 5.41) is 8.78. The van der Waals surface area contributed by atoms with Crippen molar-refractivity contribution < 1.29 is 14.6 Å². The lowest BCUT2D eigenvalue weighted by molar-refractivity contribution is -0.137. The first-order valence-electron chi connectivity index (χ1n) is 12.2. The van der Waals surface area contributed by atoms with Gasteiger partial charge in [-0.3, -0.25) is 4.79 Å². The number of aromatic amines is 2. The van der Waals surface area contributed by atoms with E-state index in [4.69, 9.17) is 19.8 Å². The summed E-state index contributed by atoms with van der Waals surface area (Å²) in [7, 11) is 0. The van der Waals surface area contributed by atoms with E-state index < -0.39 is 5.97 Å². The number of ether oxygens (including phenoxy) is 1. The summed E-state index contributed by atoms with van der Waals surface area (Å²) < 4.78 is 5.72. The normalized spacial score (nSPS) is 11.3. The molecule has 0 radical (unpaired) electrons. The van der Waals surface area contributed by atoms with Crippen molar-refractivity contribution in [3.05, 3.63) is 60.7 Å². The smallest absolute Gasteiger partial charge is 0.303 e. The molecule has 0 aliphatic rings. The minimum Gasteiger partial charge on any atom is -0.494 e. The highest BCUT2D eigenvalue weighted by molar-refractivity contribution is 5.87. The van der Waals surface area contributed by atoms with E-state index in [-0.39, 0.29) is 6.42 Å². The van der Waals surface area contributed by atoms with Gasteiger partial charge in [-0.2, -0.15) is 0 Å². The number of benzene rings is 3. The monoisotopic (exact) mass is 483 g/mol. The molecule has 3 aromatic carbocycles. The number of hydrogen-bond donors (Lipinski definition) is 3. The van der Waals surface area contributed by atoms with Crippen LogP contribution in [0.2, 0.25) is 0 Å². The quantitative estimate of drug-likeness (QED) is 0.215. The summed E-state index contributed by atoms with van der Waals surface area (Å²) in [6.07, 6.45) is 0.555. The molecule has 0 aliphatic carbocycles. The molecule has 3 N–H and O–H groups in total. The molecule has 2 heterocycles. The zero-order chi connectivity index (χ0) is 25.1. The standard InChI is InChI=1S/C28H29N5O3/c1-3-33(4-2)20-11-13-23-25(17-20)32-28(30-23)19-10-12-22-24(16-19)31-27(29-22)18-7-5-8-21(15-18)36-14-6-9-26(34)35/h5,7-8,10-13,15-17H,3-4,6,9,14H2,1-2H3,(H,29,31)(H,30,32)(H,34,35). The number of aromatic nitrogens is 4. The molecular formula is C28H29N5O3. The Morgan fingerprint density at radius 3 is 2.25 bits per heavy atom. The maximum atomic E-state index is 10.7. The first kappa shape index (κ1) is 23.4. The first-order chi connectivity index (χ1) is 17.5. The Morgan fingerprint density at radius 1 is 0.889 bits per heavy atom. The number of anilines is 1. The van der Waals surface area contributed by atoms with Crippen molar-refractivity contribution in [1.29, 1.82) is 0 Å². The van der Waals surface area contributed by atoms with Gasteiger partial charge in [-0.05, 0) is 68.8 Å². The molecule has 0 atom stereocenters. The number of rotatable bonds is 10. The molecule has 36 heavy (non-hydrogen) atoms. The number of carboxylic acid groups (broad SMARTS) is 1. The largest absolute Gasteiger partial charge is 0.494 e. The minimum absolute atomic E-state index is 0.0912. The Hall–Kier alpha value is -4.33. The van der Waals surface area contributed by atoms with Gasteiger partial charge in [-0.25, -0.2) is 9.97 Å². The molecule has 0 amide bonds. The molecular weight excluding hydrogens is 454 g/mol. The summed E-state index contributed by atoms with van der Waals surface area (Å²) in [4.78, 5) is 29.4. The van der Waals surface area contributed by atoms with Gasteiger partial charge >= 0.3 is 5.97 Å². The Balaban J connectivity index is 1.39. The number of carbonyl (C=O) groups is 1. The molecule has 0 saturated heterocycles. The molecule has 0 unspecified atom stereocenters. The Bertz CT molecular complexity index is 1520. The van der Waals surface area contributed by atoms with Gasteiger partial charge in [0, 0.05) is 36.3 Å². The lowest BCUT2D eigenvalue weighted by Crippen LogP contribution is -2.21. The number of aliphatic carboxylic acids is 1. The van der Waals surface area contributed by atoms with Gasteiger partial charge < -0.3 is 24.7 Å². The number of nitrogens with one attached hydrogen (secondary N) is 2. The van der Waals surface area contributed by atoms with E-state index in [1.807, 2.05) is 36.4 Å². The summed E-state index contributed by atoms with van der Waals surface area (Å²) >= 11 is 0. The van der Waals surface area contributed by atoms with E-state index in [2.05, 4.69) is 53.0 Å². The second-order valence-corrected chi connectivity index (χ2v) is 8.65. The second kappa shape index (κ2) is 10.1. The van der Waals surface area contributed by atoms with Crippen LogP contribution in [0, 0.1) is 0 Å².